The van der Waals surface area contributed by atoms with Crippen molar-refractivity contribution in [3.8, 4) is 11.4 Å². The molecule has 2 heterocycles. The third-order valence-electron chi connectivity index (χ3n) is 1.68. The van der Waals surface area contributed by atoms with Crippen LogP contribution < -0.4 is 0 Å². The molecule has 0 saturated carbocycles. The summed E-state index contributed by atoms with van der Waals surface area (Å²) in [7, 11) is 0. The van der Waals surface area contributed by atoms with Crippen LogP contribution in [0.5, 0.6) is 0 Å². The lowest BCUT2D eigenvalue weighted by Gasteiger charge is -2.02. The van der Waals surface area contributed by atoms with E-state index in [9.17, 15) is 0 Å². The van der Waals surface area contributed by atoms with Crippen LogP contribution >= 0.6 is 39.1 Å². The molecule has 2 rings (SSSR count). The highest BCUT2D eigenvalue weighted by molar-refractivity contribution is 9.10. The van der Waals surface area contributed by atoms with E-state index >= 15 is 0 Å². The van der Waals surface area contributed by atoms with Gasteiger partial charge in [0.15, 0.2) is 5.82 Å². The van der Waals surface area contributed by atoms with Crippen LogP contribution in [0.2, 0.25) is 10.3 Å². The van der Waals surface area contributed by atoms with Crippen molar-refractivity contribution in [2.24, 2.45) is 0 Å². The Hall–Kier alpha value is -0.710. The molecule has 0 unspecified atom stereocenters. The lowest BCUT2D eigenvalue weighted by molar-refractivity contribution is 1.16. The average Bonchev–Trinajstić information content (AvgIpc) is 2.16. The largest absolute Gasteiger partial charge is 0.264 e. The van der Waals surface area contributed by atoms with Crippen LogP contribution in [0.1, 0.15) is 0 Å². The number of nitrogens with zero attached hydrogens (tertiary/aromatic N) is 3. The Balaban J connectivity index is 2.59. The Morgan fingerprint density at radius 2 is 1.80 bits per heavy atom. The molecule has 0 fully saturated rings. The fourth-order valence-electron chi connectivity index (χ4n) is 1.07. The van der Waals surface area contributed by atoms with Gasteiger partial charge in [-0.1, -0.05) is 23.2 Å². The van der Waals surface area contributed by atoms with Gasteiger partial charge in [0.25, 0.3) is 0 Å². The minimum Gasteiger partial charge on any atom is -0.264 e. The standard InChI is InChI=1S/C9H4BrCl2N3/c10-6-4-13-2-1-5(6)9-14-7(11)3-8(12)15-9/h1-4H. The average molecular weight is 305 g/mol. The smallest absolute Gasteiger partial charge is 0.163 e. The first-order valence-electron chi connectivity index (χ1n) is 3.97. The maximum atomic E-state index is 5.79. The van der Waals surface area contributed by atoms with Gasteiger partial charge in [0, 0.05) is 28.5 Å². The molecule has 15 heavy (non-hydrogen) atoms. The zero-order valence-electron chi connectivity index (χ0n) is 7.28. The van der Waals surface area contributed by atoms with Gasteiger partial charge in [-0.15, -0.1) is 0 Å². The maximum Gasteiger partial charge on any atom is 0.163 e. The zero-order valence-corrected chi connectivity index (χ0v) is 10.4. The van der Waals surface area contributed by atoms with Crippen LogP contribution in [0, 0.1) is 0 Å². The third kappa shape index (κ3) is 2.45. The number of hydrogen-bond acceptors (Lipinski definition) is 3. The molecule has 0 radical (unpaired) electrons. The first-order valence-corrected chi connectivity index (χ1v) is 5.51. The summed E-state index contributed by atoms with van der Waals surface area (Å²) < 4.78 is 0.795. The molecule has 0 aliphatic heterocycles. The van der Waals surface area contributed by atoms with E-state index in [1.54, 1.807) is 18.5 Å². The SMILES string of the molecule is Clc1cc(Cl)nc(-c2ccncc2Br)n1. The molecule has 0 atom stereocenters. The second kappa shape index (κ2) is 4.43. The monoisotopic (exact) mass is 303 g/mol. The van der Waals surface area contributed by atoms with E-state index in [2.05, 4.69) is 30.9 Å². The van der Waals surface area contributed by atoms with Gasteiger partial charge in [-0.3, -0.25) is 4.98 Å². The number of pyridine rings is 1. The lowest BCUT2D eigenvalue weighted by atomic mass is 10.2. The Kier molecular flexibility index (Phi) is 3.19. The summed E-state index contributed by atoms with van der Waals surface area (Å²) in [5.41, 5.74) is 0.800. The summed E-state index contributed by atoms with van der Waals surface area (Å²) in [5, 5.41) is 0.627. The van der Waals surface area contributed by atoms with Gasteiger partial charge >= 0.3 is 0 Å². The second-order valence-corrected chi connectivity index (χ2v) is 4.32. The highest BCUT2D eigenvalue weighted by Gasteiger charge is 2.07. The number of halogens is 3. The summed E-state index contributed by atoms with van der Waals surface area (Å²) in [6.45, 7) is 0. The van der Waals surface area contributed by atoms with E-state index in [0.29, 0.717) is 16.1 Å². The van der Waals surface area contributed by atoms with Crippen LogP contribution in [-0.4, -0.2) is 15.0 Å². The fraction of sp³-hybridized carbons (Fsp3) is 0. The van der Waals surface area contributed by atoms with Gasteiger partial charge in [-0.05, 0) is 22.0 Å². The van der Waals surface area contributed by atoms with Gasteiger partial charge in [-0.25, -0.2) is 9.97 Å². The van der Waals surface area contributed by atoms with E-state index in [4.69, 9.17) is 23.2 Å². The Morgan fingerprint density at radius 1 is 1.13 bits per heavy atom. The molecule has 0 N–H and O–H groups in total. The lowest BCUT2D eigenvalue weighted by Crippen LogP contribution is -1.91. The quantitative estimate of drug-likeness (QED) is 0.756. The van der Waals surface area contributed by atoms with Crippen molar-refractivity contribution in [2.45, 2.75) is 0 Å². The zero-order chi connectivity index (χ0) is 10.8. The van der Waals surface area contributed by atoms with E-state index in [1.807, 2.05) is 0 Å². The van der Waals surface area contributed by atoms with Gasteiger partial charge in [0.1, 0.15) is 10.3 Å². The predicted octanol–water partition coefficient (Wildman–Crippen LogP) is 3.61. The summed E-state index contributed by atoms with van der Waals surface area (Å²) >= 11 is 14.9. The molecule has 0 spiro atoms. The topological polar surface area (TPSA) is 38.7 Å². The highest BCUT2D eigenvalue weighted by atomic mass is 79.9. The van der Waals surface area contributed by atoms with Crippen molar-refractivity contribution in [2.75, 3.05) is 0 Å². The minimum atomic E-state index is 0.314. The molecule has 0 bridgehead atoms. The molecular weight excluding hydrogens is 301 g/mol. The van der Waals surface area contributed by atoms with Crippen LogP contribution in [0.25, 0.3) is 11.4 Å². The van der Waals surface area contributed by atoms with Gasteiger partial charge in [-0.2, -0.15) is 0 Å². The fourth-order valence-corrected chi connectivity index (χ4v) is 1.92. The van der Waals surface area contributed by atoms with Gasteiger partial charge in [0.05, 0.1) is 0 Å². The van der Waals surface area contributed by atoms with Crippen LogP contribution in [0.3, 0.4) is 0 Å². The van der Waals surface area contributed by atoms with Crippen molar-refractivity contribution in [3.63, 3.8) is 0 Å². The molecule has 2 aromatic rings. The first kappa shape index (κ1) is 10.8. The molecule has 0 aromatic carbocycles. The van der Waals surface area contributed by atoms with Crippen molar-refractivity contribution >= 4 is 39.1 Å². The summed E-state index contributed by atoms with van der Waals surface area (Å²) in [4.78, 5) is 12.1. The summed E-state index contributed by atoms with van der Waals surface area (Å²) in [6.07, 6.45) is 3.31. The van der Waals surface area contributed by atoms with E-state index in [0.717, 1.165) is 10.0 Å². The number of rotatable bonds is 1. The van der Waals surface area contributed by atoms with Crippen LogP contribution in [0.4, 0.5) is 0 Å². The molecule has 0 aliphatic carbocycles. The Morgan fingerprint density at radius 3 is 2.40 bits per heavy atom. The third-order valence-corrected chi connectivity index (χ3v) is 2.70. The van der Waals surface area contributed by atoms with E-state index < -0.39 is 0 Å². The molecule has 0 saturated heterocycles. The number of hydrogen-bond donors (Lipinski definition) is 0. The Labute approximate surface area is 105 Å². The van der Waals surface area contributed by atoms with Crippen LogP contribution in [-0.2, 0) is 0 Å². The van der Waals surface area contributed by atoms with Crippen LogP contribution in [0.15, 0.2) is 29.0 Å². The van der Waals surface area contributed by atoms with Gasteiger partial charge in [0.2, 0.25) is 0 Å². The number of aromatic nitrogens is 3. The highest BCUT2D eigenvalue weighted by Crippen LogP contribution is 2.26. The van der Waals surface area contributed by atoms with Crippen molar-refractivity contribution in [1.82, 2.24) is 15.0 Å². The first-order chi connectivity index (χ1) is 7.16. The maximum absolute atomic E-state index is 5.79. The summed E-state index contributed by atoms with van der Waals surface area (Å²) in [6, 6.07) is 3.27. The van der Waals surface area contributed by atoms with Gasteiger partial charge < -0.3 is 0 Å². The van der Waals surface area contributed by atoms with E-state index in [1.165, 1.54) is 6.07 Å². The van der Waals surface area contributed by atoms with E-state index in [-0.39, 0.29) is 0 Å². The minimum absolute atomic E-state index is 0.314. The molecular formula is C9H4BrCl2N3. The predicted molar refractivity (Wildman–Crippen MR) is 63.0 cm³/mol. The molecule has 6 heteroatoms. The molecule has 0 aliphatic rings. The van der Waals surface area contributed by atoms with Crippen molar-refractivity contribution in [3.05, 3.63) is 39.3 Å². The normalized spacial score (nSPS) is 10.3. The molecule has 2 aromatic heterocycles. The second-order valence-electron chi connectivity index (χ2n) is 2.69. The summed E-state index contributed by atoms with van der Waals surface area (Å²) in [5.74, 6) is 0.474. The Bertz CT molecular complexity index is 484. The molecule has 0 amide bonds. The van der Waals surface area contributed by atoms with Crippen molar-refractivity contribution < 1.29 is 0 Å². The molecule has 3 nitrogen and oxygen atoms in total. The molecule has 76 valence electrons. The van der Waals surface area contributed by atoms with Crippen molar-refractivity contribution in [1.29, 1.82) is 0 Å².